The molecule has 1 amide bonds. The van der Waals surface area contributed by atoms with E-state index in [0.717, 1.165) is 0 Å². The summed E-state index contributed by atoms with van der Waals surface area (Å²) in [7, 11) is 0. The Balaban J connectivity index is 2.46. The zero-order valence-corrected chi connectivity index (χ0v) is 5.92. The lowest BCUT2D eigenvalue weighted by Crippen LogP contribution is -2.17. The highest BCUT2D eigenvalue weighted by Gasteiger charge is 2.19. The number of amidine groups is 1. The summed E-state index contributed by atoms with van der Waals surface area (Å²) in [5.41, 5.74) is 5.33. The Morgan fingerprint density at radius 2 is 2.60 bits per heavy atom. The molecular weight excluding hydrogens is 130 g/mol. The summed E-state index contributed by atoms with van der Waals surface area (Å²) in [4.78, 5) is 14.7. The summed E-state index contributed by atoms with van der Waals surface area (Å²) in [6, 6.07) is 0.0671. The van der Waals surface area contributed by atoms with Gasteiger partial charge in [0.05, 0.1) is 18.3 Å². The van der Waals surface area contributed by atoms with Crippen LogP contribution in [-0.2, 0) is 4.79 Å². The molecule has 0 aromatic heterocycles. The molecule has 1 rings (SSSR count). The standard InChI is InChI=1S/C6H11N3O/c1-4(7)9-5-2-6(10)8-3-5/h5H,2-3H2,1H3,(H2,7,9)(H,8,10). The summed E-state index contributed by atoms with van der Waals surface area (Å²) in [5, 5.41) is 2.67. The molecule has 0 radical (unpaired) electrons. The molecule has 1 heterocycles. The number of hydrogen-bond acceptors (Lipinski definition) is 2. The maximum absolute atomic E-state index is 10.6. The second-order valence-corrected chi connectivity index (χ2v) is 2.43. The Hall–Kier alpha value is -1.06. The maximum atomic E-state index is 10.6. The zero-order valence-electron chi connectivity index (χ0n) is 5.92. The summed E-state index contributed by atoms with van der Waals surface area (Å²) in [6.07, 6.45) is 0.481. The summed E-state index contributed by atoms with van der Waals surface area (Å²) in [6.45, 7) is 2.36. The number of nitrogens with zero attached hydrogens (tertiary/aromatic N) is 1. The van der Waals surface area contributed by atoms with Crippen LogP contribution in [0.25, 0.3) is 0 Å². The average Bonchev–Trinajstić information content (AvgIpc) is 2.13. The molecule has 56 valence electrons. The van der Waals surface area contributed by atoms with Crippen molar-refractivity contribution in [2.75, 3.05) is 6.54 Å². The van der Waals surface area contributed by atoms with Crippen molar-refractivity contribution < 1.29 is 4.79 Å². The van der Waals surface area contributed by atoms with Gasteiger partial charge in [0.25, 0.3) is 0 Å². The third kappa shape index (κ3) is 1.72. The minimum atomic E-state index is 0.0648. The van der Waals surface area contributed by atoms with Gasteiger partial charge in [-0.05, 0) is 6.92 Å². The second kappa shape index (κ2) is 2.68. The Labute approximate surface area is 59.5 Å². The third-order valence-electron chi connectivity index (χ3n) is 1.34. The van der Waals surface area contributed by atoms with Crippen LogP contribution in [0.2, 0.25) is 0 Å². The topological polar surface area (TPSA) is 67.5 Å². The molecule has 4 heteroatoms. The molecule has 0 aromatic rings. The van der Waals surface area contributed by atoms with Gasteiger partial charge in [0.15, 0.2) is 0 Å². The highest BCUT2D eigenvalue weighted by molar-refractivity contribution is 5.81. The van der Waals surface area contributed by atoms with Gasteiger partial charge in [-0.25, -0.2) is 0 Å². The first-order chi connectivity index (χ1) is 4.68. The lowest BCUT2D eigenvalue weighted by molar-refractivity contribution is -0.119. The minimum absolute atomic E-state index is 0.0648. The first kappa shape index (κ1) is 7.05. The second-order valence-electron chi connectivity index (χ2n) is 2.43. The number of carbonyl (C=O) groups is 1. The van der Waals surface area contributed by atoms with Gasteiger partial charge in [0.2, 0.25) is 5.91 Å². The predicted octanol–water partition coefficient (Wildman–Crippen LogP) is -0.748. The number of carbonyl (C=O) groups excluding carboxylic acids is 1. The number of aliphatic imine (C=N–C) groups is 1. The fourth-order valence-electron chi connectivity index (χ4n) is 0.969. The molecule has 1 unspecified atom stereocenters. The van der Waals surface area contributed by atoms with E-state index in [1.807, 2.05) is 0 Å². The molecule has 0 spiro atoms. The molecule has 1 aliphatic rings. The number of amides is 1. The monoisotopic (exact) mass is 141 g/mol. The van der Waals surface area contributed by atoms with E-state index >= 15 is 0 Å². The maximum Gasteiger partial charge on any atom is 0.222 e. The lowest BCUT2D eigenvalue weighted by Gasteiger charge is -1.98. The van der Waals surface area contributed by atoms with E-state index in [-0.39, 0.29) is 11.9 Å². The Bertz CT molecular complexity index is 172. The summed E-state index contributed by atoms with van der Waals surface area (Å²) >= 11 is 0. The molecule has 10 heavy (non-hydrogen) atoms. The fraction of sp³-hybridized carbons (Fsp3) is 0.667. The molecule has 1 saturated heterocycles. The fourth-order valence-corrected chi connectivity index (χ4v) is 0.969. The van der Waals surface area contributed by atoms with Crippen LogP contribution < -0.4 is 11.1 Å². The van der Waals surface area contributed by atoms with E-state index in [4.69, 9.17) is 5.73 Å². The van der Waals surface area contributed by atoms with Crippen LogP contribution in [0.4, 0.5) is 0 Å². The van der Waals surface area contributed by atoms with Crippen LogP contribution in [0.15, 0.2) is 4.99 Å². The Morgan fingerprint density at radius 3 is 3.00 bits per heavy atom. The normalized spacial score (nSPS) is 26.7. The highest BCUT2D eigenvalue weighted by Crippen LogP contribution is 2.03. The molecule has 1 atom stereocenters. The number of rotatable bonds is 1. The van der Waals surface area contributed by atoms with Crippen LogP contribution >= 0.6 is 0 Å². The van der Waals surface area contributed by atoms with E-state index in [1.54, 1.807) is 6.92 Å². The highest BCUT2D eigenvalue weighted by atomic mass is 16.1. The quantitative estimate of drug-likeness (QED) is 0.373. The van der Waals surface area contributed by atoms with Crippen LogP contribution in [-0.4, -0.2) is 24.3 Å². The smallest absolute Gasteiger partial charge is 0.222 e. The van der Waals surface area contributed by atoms with Gasteiger partial charge in [0, 0.05) is 6.54 Å². The Morgan fingerprint density at radius 1 is 1.90 bits per heavy atom. The van der Waals surface area contributed by atoms with Crippen molar-refractivity contribution in [2.24, 2.45) is 10.7 Å². The molecule has 1 fully saturated rings. The van der Waals surface area contributed by atoms with E-state index in [2.05, 4.69) is 10.3 Å². The molecule has 1 aliphatic heterocycles. The summed E-state index contributed by atoms with van der Waals surface area (Å²) < 4.78 is 0. The summed E-state index contributed by atoms with van der Waals surface area (Å²) in [5.74, 6) is 0.608. The van der Waals surface area contributed by atoms with Crippen molar-refractivity contribution in [2.45, 2.75) is 19.4 Å². The number of nitrogens with two attached hydrogens (primary N) is 1. The molecule has 3 N–H and O–H groups in total. The SMILES string of the molecule is CC(N)=NC1CNC(=O)C1. The molecule has 0 saturated carbocycles. The lowest BCUT2D eigenvalue weighted by atomic mass is 10.3. The van der Waals surface area contributed by atoms with E-state index in [1.165, 1.54) is 0 Å². The number of nitrogens with one attached hydrogen (secondary N) is 1. The molecule has 4 nitrogen and oxygen atoms in total. The Kier molecular flexibility index (Phi) is 1.89. The van der Waals surface area contributed by atoms with E-state index in [0.29, 0.717) is 18.8 Å². The zero-order chi connectivity index (χ0) is 7.56. The molecule has 0 aromatic carbocycles. The largest absolute Gasteiger partial charge is 0.388 e. The van der Waals surface area contributed by atoms with Crippen molar-refractivity contribution in [3.8, 4) is 0 Å². The van der Waals surface area contributed by atoms with Gasteiger partial charge in [-0.2, -0.15) is 0 Å². The van der Waals surface area contributed by atoms with Crippen molar-refractivity contribution in [3.63, 3.8) is 0 Å². The van der Waals surface area contributed by atoms with Gasteiger partial charge in [-0.3, -0.25) is 9.79 Å². The van der Waals surface area contributed by atoms with Crippen molar-refractivity contribution in [1.29, 1.82) is 0 Å². The minimum Gasteiger partial charge on any atom is -0.388 e. The predicted molar refractivity (Wildman–Crippen MR) is 38.7 cm³/mol. The molecule has 0 aliphatic carbocycles. The van der Waals surface area contributed by atoms with Crippen LogP contribution in [0.5, 0.6) is 0 Å². The van der Waals surface area contributed by atoms with Crippen molar-refractivity contribution in [1.82, 2.24) is 5.32 Å². The molecule has 0 bridgehead atoms. The third-order valence-corrected chi connectivity index (χ3v) is 1.34. The van der Waals surface area contributed by atoms with Gasteiger partial charge in [-0.1, -0.05) is 0 Å². The van der Waals surface area contributed by atoms with Crippen LogP contribution in [0, 0.1) is 0 Å². The van der Waals surface area contributed by atoms with Gasteiger partial charge in [-0.15, -0.1) is 0 Å². The van der Waals surface area contributed by atoms with Gasteiger partial charge in [0.1, 0.15) is 0 Å². The molecular formula is C6H11N3O. The van der Waals surface area contributed by atoms with Crippen molar-refractivity contribution in [3.05, 3.63) is 0 Å². The van der Waals surface area contributed by atoms with Gasteiger partial charge >= 0.3 is 0 Å². The first-order valence-corrected chi connectivity index (χ1v) is 3.25. The van der Waals surface area contributed by atoms with E-state index in [9.17, 15) is 4.79 Å². The van der Waals surface area contributed by atoms with Crippen molar-refractivity contribution >= 4 is 11.7 Å². The first-order valence-electron chi connectivity index (χ1n) is 3.25. The van der Waals surface area contributed by atoms with E-state index < -0.39 is 0 Å². The average molecular weight is 141 g/mol. The number of hydrogen-bond donors (Lipinski definition) is 2. The van der Waals surface area contributed by atoms with Crippen LogP contribution in [0.3, 0.4) is 0 Å². The van der Waals surface area contributed by atoms with Crippen LogP contribution in [0.1, 0.15) is 13.3 Å². The van der Waals surface area contributed by atoms with Gasteiger partial charge < -0.3 is 11.1 Å².